The number of hydrogen-bond acceptors (Lipinski definition) is 4. The first-order valence-corrected chi connectivity index (χ1v) is 4.68. The van der Waals surface area contributed by atoms with Gasteiger partial charge in [-0.25, -0.2) is 4.98 Å². The average molecular weight is 251 g/mol. The van der Waals surface area contributed by atoms with Crippen LogP contribution in [0, 0.1) is 0 Å². The Hall–Kier alpha value is -0.580. The number of anilines is 1. The summed E-state index contributed by atoms with van der Waals surface area (Å²) in [5.74, 6) is 0.992. The van der Waals surface area contributed by atoms with Gasteiger partial charge in [-0.15, -0.1) is 24.8 Å². The number of hydrogen-bond donors (Lipinski definition) is 1. The molecule has 1 aliphatic rings. The Morgan fingerprint density at radius 3 is 2.73 bits per heavy atom. The van der Waals surface area contributed by atoms with Gasteiger partial charge >= 0.3 is 0 Å². The molecule has 0 spiro atoms. The molecule has 15 heavy (non-hydrogen) atoms. The molecule has 2 rings (SSSR count). The van der Waals surface area contributed by atoms with Crippen molar-refractivity contribution in [3.05, 3.63) is 18.6 Å². The predicted octanol–water partition coefficient (Wildman–Crippen LogP) is 1.12. The molecule has 1 N–H and O–H groups in total. The molecule has 6 heteroatoms. The second-order valence-corrected chi connectivity index (χ2v) is 3.15. The summed E-state index contributed by atoms with van der Waals surface area (Å²) in [5, 5.41) is 3.36. The van der Waals surface area contributed by atoms with Crippen molar-refractivity contribution in [2.75, 3.05) is 31.1 Å². The first kappa shape index (κ1) is 14.4. The molecule has 1 fully saturated rings. The number of nitrogens with zero attached hydrogens (tertiary/aromatic N) is 3. The van der Waals surface area contributed by atoms with E-state index in [1.807, 2.05) is 6.20 Å². The van der Waals surface area contributed by atoms with Crippen LogP contribution in [-0.2, 0) is 0 Å². The van der Waals surface area contributed by atoms with Crippen molar-refractivity contribution in [2.24, 2.45) is 0 Å². The lowest BCUT2D eigenvalue weighted by Gasteiger charge is -2.19. The Bertz CT molecular complexity index is 250. The number of aromatic nitrogens is 2. The highest BCUT2D eigenvalue weighted by Gasteiger charge is 2.09. The van der Waals surface area contributed by atoms with Gasteiger partial charge in [-0.2, -0.15) is 0 Å². The molecule has 0 unspecified atom stereocenters. The lowest BCUT2D eigenvalue weighted by atomic mass is 10.4. The highest BCUT2D eigenvalue weighted by Crippen LogP contribution is 2.08. The Labute approximate surface area is 102 Å². The quantitative estimate of drug-likeness (QED) is 0.812. The summed E-state index contributed by atoms with van der Waals surface area (Å²) in [6, 6.07) is 0. The van der Waals surface area contributed by atoms with Crippen molar-refractivity contribution in [3.8, 4) is 0 Å². The molecule has 1 aliphatic heterocycles. The molecule has 0 amide bonds. The zero-order valence-corrected chi connectivity index (χ0v) is 10.1. The lowest BCUT2D eigenvalue weighted by molar-refractivity contribution is 0.724. The summed E-state index contributed by atoms with van der Waals surface area (Å²) in [6.07, 6.45) is 6.45. The molecule has 0 radical (unpaired) electrons. The molecule has 0 saturated carbocycles. The second-order valence-electron chi connectivity index (χ2n) is 3.15. The molecule has 2 heterocycles. The largest absolute Gasteiger partial charge is 0.354 e. The molecular formula is C9H16Cl2N4. The van der Waals surface area contributed by atoms with Crippen LogP contribution >= 0.6 is 24.8 Å². The van der Waals surface area contributed by atoms with Crippen molar-refractivity contribution in [2.45, 2.75) is 6.42 Å². The molecule has 0 aliphatic carbocycles. The third-order valence-electron chi connectivity index (χ3n) is 2.21. The van der Waals surface area contributed by atoms with E-state index in [0.29, 0.717) is 0 Å². The Kier molecular flexibility index (Phi) is 7.38. The molecular weight excluding hydrogens is 235 g/mol. The highest BCUT2D eigenvalue weighted by atomic mass is 35.5. The van der Waals surface area contributed by atoms with Gasteiger partial charge in [-0.3, -0.25) is 4.98 Å². The lowest BCUT2D eigenvalue weighted by Crippen LogP contribution is -2.28. The van der Waals surface area contributed by atoms with Crippen LogP contribution in [0.4, 0.5) is 5.82 Å². The van der Waals surface area contributed by atoms with E-state index in [0.717, 1.165) is 32.0 Å². The summed E-state index contributed by atoms with van der Waals surface area (Å²) in [7, 11) is 0. The van der Waals surface area contributed by atoms with E-state index in [4.69, 9.17) is 0 Å². The summed E-state index contributed by atoms with van der Waals surface area (Å²) in [4.78, 5) is 10.6. The molecule has 1 saturated heterocycles. The first-order valence-electron chi connectivity index (χ1n) is 4.68. The van der Waals surface area contributed by atoms with E-state index in [-0.39, 0.29) is 24.8 Å². The molecule has 0 aromatic carbocycles. The van der Waals surface area contributed by atoms with Crippen molar-refractivity contribution >= 4 is 30.6 Å². The van der Waals surface area contributed by atoms with Crippen LogP contribution in [0.3, 0.4) is 0 Å². The maximum atomic E-state index is 4.28. The smallest absolute Gasteiger partial charge is 0.147 e. The minimum atomic E-state index is 0. The number of rotatable bonds is 1. The topological polar surface area (TPSA) is 41.1 Å². The fourth-order valence-corrected chi connectivity index (χ4v) is 1.53. The molecule has 0 bridgehead atoms. The van der Waals surface area contributed by atoms with Crippen molar-refractivity contribution in [1.82, 2.24) is 15.3 Å². The van der Waals surface area contributed by atoms with Crippen LogP contribution in [-0.4, -0.2) is 36.1 Å². The standard InChI is InChI=1S/C9H14N4.2ClH/c1-2-10-5-7-13(6-1)9-8-11-3-4-12-9;;/h3-4,8,10H,1-2,5-7H2;2*1H. The van der Waals surface area contributed by atoms with Gasteiger partial charge in [0.25, 0.3) is 0 Å². The highest BCUT2D eigenvalue weighted by molar-refractivity contribution is 5.85. The van der Waals surface area contributed by atoms with Gasteiger partial charge in [0, 0.05) is 32.0 Å². The van der Waals surface area contributed by atoms with Gasteiger partial charge in [0.2, 0.25) is 0 Å². The summed E-state index contributed by atoms with van der Waals surface area (Å²) in [5.41, 5.74) is 0. The zero-order chi connectivity index (χ0) is 8.93. The maximum Gasteiger partial charge on any atom is 0.147 e. The van der Waals surface area contributed by atoms with E-state index in [1.165, 1.54) is 6.42 Å². The summed E-state index contributed by atoms with van der Waals surface area (Å²) in [6.45, 7) is 4.25. The first-order chi connectivity index (χ1) is 6.47. The van der Waals surface area contributed by atoms with E-state index in [1.54, 1.807) is 12.4 Å². The van der Waals surface area contributed by atoms with E-state index in [2.05, 4.69) is 20.2 Å². The molecule has 1 aromatic heterocycles. The van der Waals surface area contributed by atoms with Crippen LogP contribution < -0.4 is 10.2 Å². The van der Waals surface area contributed by atoms with E-state index in [9.17, 15) is 0 Å². The molecule has 0 atom stereocenters. The van der Waals surface area contributed by atoms with E-state index >= 15 is 0 Å². The monoisotopic (exact) mass is 250 g/mol. The SMILES string of the molecule is Cl.Cl.c1cnc(N2CCCNCC2)cn1. The average Bonchev–Trinajstić information content (AvgIpc) is 2.47. The third kappa shape index (κ3) is 4.20. The number of halogens is 2. The predicted molar refractivity (Wildman–Crippen MR) is 66.2 cm³/mol. The minimum Gasteiger partial charge on any atom is -0.354 e. The fraction of sp³-hybridized carbons (Fsp3) is 0.556. The van der Waals surface area contributed by atoms with Crippen LogP contribution in [0.5, 0.6) is 0 Å². The third-order valence-corrected chi connectivity index (χ3v) is 2.21. The van der Waals surface area contributed by atoms with Crippen molar-refractivity contribution in [3.63, 3.8) is 0 Å². The van der Waals surface area contributed by atoms with Gasteiger partial charge in [0.05, 0.1) is 6.20 Å². The van der Waals surface area contributed by atoms with Gasteiger partial charge < -0.3 is 10.2 Å². The van der Waals surface area contributed by atoms with Gasteiger partial charge in [-0.1, -0.05) is 0 Å². The van der Waals surface area contributed by atoms with E-state index < -0.39 is 0 Å². The molecule has 1 aromatic rings. The summed E-state index contributed by atoms with van der Waals surface area (Å²) >= 11 is 0. The summed E-state index contributed by atoms with van der Waals surface area (Å²) < 4.78 is 0. The van der Waals surface area contributed by atoms with Crippen LogP contribution in [0.15, 0.2) is 18.6 Å². The normalized spacial score (nSPS) is 15.9. The molecule has 86 valence electrons. The zero-order valence-electron chi connectivity index (χ0n) is 8.43. The van der Waals surface area contributed by atoms with Gasteiger partial charge in [-0.05, 0) is 13.0 Å². The van der Waals surface area contributed by atoms with Crippen LogP contribution in [0.2, 0.25) is 0 Å². The van der Waals surface area contributed by atoms with Crippen LogP contribution in [0.25, 0.3) is 0 Å². The Morgan fingerprint density at radius 2 is 2.00 bits per heavy atom. The van der Waals surface area contributed by atoms with Crippen LogP contribution in [0.1, 0.15) is 6.42 Å². The van der Waals surface area contributed by atoms with Gasteiger partial charge in [0.15, 0.2) is 0 Å². The second kappa shape index (κ2) is 7.68. The fourth-order valence-electron chi connectivity index (χ4n) is 1.53. The molecule has 4 nitrogen and oxygen atoms in total. The maximum absolute atomic E-state index is 4.28. The minimum absolute atomic E-state index is 0. The number of nitrogens with one attached hydrogen (secondary N) is 1. The van der Waals surface area contributed by atoms with Gasteiger partial charge in [0.1, 0.15) is 5.82 Å². The Balaban J connectivity index is 0.000000980. The Morgan fingerprint density at radius 1 is 1.13 bits per heavy atom. The van der Waals surface area contributed by atoms with Crippen molar-refractivity contribution in [1.29, 1.82) is 0 Å². The van der Waals surface area contributed by atoms with Crippen molar-refractivity contribution < 1.29 is 0 Å².